The van der Waals surface area contributed by atoms with E-state index >= 15 is 0 Å². The number of hydrogen-bond acceptors (Lipinski definition) is 5. The summed E-state index contributed by atoms with van der Waals surface area (Å²) in [5.41, 5.74) is 0.0515. The molecule has 1 aromatic heterocycles. The normalized spacial score (nSPS) is 27.2. The minimum absolute atomic E-state index is 0.353. The Kier molecular flexibility index (Phi) is 3.93. The summed E-state index contributed by atoms with van der Waals surface area (Å²) in [7, 11) is -0.447. The van der Waals surface area contributed by atoms with Gasteiger partial charge in [0.1, 0.15) is 5.82 Å². The van der Waals surface area contributed by atoms with Gasteiger partial charge in [0.05, 0.1) is 23.0 Å². The van der Waals surface area contributed by atoms with Crippen molar-refractivity contribution in [3.63, 3.8) is 0 Å². The number of aromatic nitrogens is 2. The van der Waals surface area contributed by atoms with Crippen LogP contribution in [0.25, 0.3) is 0 Å². The Balaban J connectivity index is 1.83. The number of hydrogen-bond donors (Lipinski definition) is 0. The van der Waals surface area contributed by atoms with E-state index in [9.17, 15) is 0 Å². The Hall–Kier alpha value is -1.14. The molecule has 0 radical (unpaired) electrons. The molecule has 0 N–H and O–H groups in total. The average Bonchev–Trinajstić information content (AvgIpc) is 2.68. The third kappa shape index (κ3) is 2.74. The molecule has 5 nitrogen and oxygen atoms in total. The van der Waals surface area contributed by atoms with Crippen LogP contribution in [0.5, 0.6) is 0 Å². The summed E-state index contributed by atoms with van der Waals surface area (Å²) < 4.78 is 12.2. The molecule has 2 saturated heterocycles. The van der Waals surface area contributed by atoms with Crippen LogP contribution in [0.2, 0.25) is 0 Å². The van der Waals surface area contributed by atoms with Crippen molar-refractivity contribution in [3.05, 3.63) is 12.4 Å². The van der Waals surface area contributed by atoms with E-state index in [1.165, 1.54) is 19.3 Å². The highest BCUT2D eigenvalue weighted by Gasteiger charge is 2.52. The first-order valence-electron chi connectivity index (χ1n) is 8.24. The van der Waals surface area contributed by atoms with Gasteiger partial charge < -0.3 is 14.2 Å². The molecule has 22 heavy (non-hydrogen) atoms. The fraction of sp³-hybridized carbons (Fsp3) is 0.750. The number of nitrogens with zero attached hydrogens (tertiary/aromatic N) is 3. The van der Waals surface area contributed by atoms with Gasteiger partial charge in [0.2, 0.25) is 0 Å². The fourth-order valence-corrected chi connectivity index (χ4v) is 3.02. The molecule has 0 spiro atoms. The first kappa shape index (κ1) is 15.7. The van der Waals surface area contributed by atoms with Crippen molar-refractivity contribution < 1.29 is 9.31 Å². The maximum absolute atomic E-state index is 6.08. The van der Waals surface area contributed by atoms with Crippen LogP contribution in [0.4, 0.5) is 5.82 Å². The lowest BCUT2D eigenvalue weighted by molar-refractivity contribution is 0.00578. The molecular weight excluding hydrogens is 277 g/mol. The summed E-state index contributed by atoms with van der Waals surface area (Å²) >= 11 is 0. The molecule has 0 amide bonds. The summed E-state index contributed by atoms with van der Waals surface area (Å²) in [6.45, 7) is 11.5. The second kappa shape index (κ2) is 5.50. The average molecular weight is 303 g/mol. The van der Waals surface area contributed by atoms with E-state index in [1.807, 2.05) is 6.20 Å². The van der Waals surface area contributed by atoms with E-state index in [4.69, 9.17) is 14.3 Å². The van der Waals surface area contributed by atoms with Crippen molar-refractivity contribution in [1.82, 2.24) is 9.97 Å². The quantitative estimate of drug-likeness (QED) is 0.784. The van der Waals surface area contributed by atoms with E-state index in [2.05, 4.69) is 44.5 Å². The lowest BCUT2D eigenvalue weighted by Crippen LogP contribution is -2.42. The molecule has 1 atom stereocenters. The second-order valence-electron chi connectivity index (χ2n) is 7.43. The van der Waals surface area contributed by atoms with Crippen LogP contribution in [0.3, 0.4) is 0 Å². The molecule has 3 rings (SSSR count). The van der Waals surface area contributed by atoms with Crippen molar-refractivity contribution in [2.24, 2.45) is 0 Å². The van der Waals surface area contributed by atoms with Crippen LogP contribution in [0, 0.1) is 0 Å². The summed E-state index contributed by atoms with van der Waals surface area (Å²) in [5, 5.41) is 0. The summed E-state index contributed by atoms with van der Waals surface area (Å²) in [6.07, 6.45) is 7.31. The van der Waals surface area contributed by atoms with E-state index in [1.54, 1.807) is 6.20 Å². The zero-order valence-corrected chi connectivity index (χ0v) is 14.3. The van der Waals surface area contributed by atoms with Gasteiger partial charge >= 0.3 is 7.12 Å². The van der Waals surface area contributed by atoms with Crippen LogP contribution < -0.4 is 10.5 Å². The van der Waals surface area contributed by atoms with Crippen LogP contribution in [0.15, 0.2) is 12.4 Å². The minimum atomic E-state index is -0.447. The molecule has 0 bridgehead atoms. The predicted molar refractivity (Wildman–Crippen MR) is 88.4 cm³/mol. The van der Waals surface area contributed by atoms with Gasteiger partial charge in [0, 0.05) is 18.8 Å². The molecule has 0 unspecified atom stereocenters. The van der Waals surface area contributed by atoms with Crippen molar-refractivity contribution in [1.29, 1.82) is 0 Å². The third-order valence-corrected chi connectivity index (χ3v) is 5.23. The van der Waals surface area contributed by atoms with Gasteiger partial charge in [-0.3, -0.25) is 4.98 Å². The van der Waals surface area contributed by atoms with Crippen molar-refractivity contribution in [2.45, 2.75) is 71.1 Å². The Bertz CT molecular complexity index is 534. The van der Waals surface area contributed by atoms with Gasteiger partial charge in [-0.05, 0) is 53.9 Å². The van der Waals surface area contributed by atoms with E-state index < -0.39 is 7.12 Å². The van der Waals surface area contributed by atoms with Crippen LogP contribution >= 0.6 is 0 Å². The Morgan fingerprint density at radius 2 is 1.82 bits per heavy atom. The summed E-state index contributed by atoms with van der Waals surface area (Å²) in [5.74, 6) is 0.930. The zero-order valence-electron chi connectivity index (χ0n) is 14.3. The fourth-order valence-electron chi connectivity index (χ4n) is 3.02. The first-order valence-corrected chi connectivity index (χ1v) is 8.24. The molecule has 0 saturated carbocycles. The minimum Gasteiger partial charge on any atom is -0.398 e. The second-order valence-corrected chi connectivity index (χ2v) is 7.43. The Morgan fingerprint density at radius 3 is 2.45 bits per heavy atom. The topological polar surface area (TPSA) is 47.5 Å². The number of anilines is 1. The number of piperidine rings is 1. The molecule has 0 aromatic carbocycles. The van der Waals surface area contributed by atoms with E-state index in [0.717, 1.165) is 18.0 Å². The highest BCUT2D eigenvalue weighted by atomic mass is 16.7. The molecule has 1 aromatic rings. The van der Waals surface area contributed by atoms with Gasteiger partial charge in [-0.1, -0.05) is 0 Å². The number of rotatable bonds is 2. The lowest BCUT2D eigenvalue weighted by Gasteiger charge is -2.34. The van der Waals surface area contributed by atoms with Gasteiger partial charge in [-0.2, -0.15) is 0 Å². The largest absolute Gasteiger partial charge is 0.516 e. The van der Waals surface area contributed by atoms with Crippen molar-refractivity contribution in [3.8, 4) is 0 Å². The predicted octanol–water partition coefficient (Wildman–Crippen LogP) is 2.15. The molecule has 6 heteroatoms. The third-order valence-electron chi connectivity index (χ3n) is 5.23. The molecular formula is C16H26BN3O2. The molecule has 120 valence electrons. The summed E-state index contributed by atoms with van der Waals surface area (Å²) in [4.78, 5) is 11.5. The van der Waals surface area contributed by atoms with Crippen molar-refractivity contribution in [2.75, 3.05) is 11.4 Å². The van der Waals surface area contributed by atoms with Gasteiger partial charge in [0.15, 0.2) is 0 Å². The molecule has 2 aliphatic heterocycles. The zero-order chi connectivity index (χ0) is 16.0. The van der Waals surface area contributed by atoms with E-state index in [-0.39, 0.29) is 11.2 Å². The first-order chi connectivity index (χ1) is 10.3. The Morgan fingerprint density at radius 1 is 1.14 bits per heavy atom. The van der Waals surface area contributed by atoms with E-state index in [0.29, 0.717) is 6.04 Å². The standard InChI is InChI=1S/C16H26BN3O2/c1-12-8-6-7-9-20(12)14-11-18-10-13(19-14)17-21-15(2,3)16(4,5)22-17/h10-12H,6-9H2,1-5H3/t12-/m1/s1. The van der Waals surface area contributed by atoms with Crippen molar-refractivity contribution >= 4 is 18.5 Å². The Labute approximate surface area is 133 Å². The monoisotopic (exact) mass is 303 g/mol. The maximum Gasteiger partial charge on any atom is 0.516 e. The highest BCUT2D eigenvalue weighted by Crippen LogP contribution is 2.36. The highest BCUT2D eigenvalue weighted by molar-refractivity contribution is 6.61. The van der Waals surface area contributed by atoms with Gasteiger partial charge in [-0.15, -0.1) is 0 Å². The molecule has 2 fully saturated rings. The maximum atomic E-state index is 6.08. The molecule has 3 heterocycles. The van der Waals surface area contributed by atoms with Gasteiger partial charge in [0.25, 0.3) is 0 Å². The van der Waals surface area contributed by atoms with Crippen LogP contribution in [-0.2, 0) is 9.31 Å². The molecule has 2 aliphatic rings. The van der Waals surface area contributed by atoms with Crippen LogP contribution in [0.1, 0.15) is 53.9 Å². The van der Waals surface area contributed by atoms with Gasteiger partial charge in [-0.25, -0.2) is 4.98 Å². The molecule has 0 aliphatic carbocycles. The van der Waals surface area contributed by atoms with Crippen LogP contribution in [-0.4, -0.2) is 40.9 Å². The lowest BCUT2D eigenvalue weighted by atomic mass is 9.85. The smallest absolute Gasteiger partial charge is 0.398 e. The summed E-state index contributed by atoms with van der Waals surface area (Å²) in [6, 6.07) is 0.511. The SMILES string of the molecule is C[C@@H]1CCCCN1c1cncc(B2OC(C)(C)C(C)(C)O2)n1.